The van der Waals surface area contributed by atoms with Gasteiger partial charge in [-0.1, -0.05) is 12.1 Å². The number of ether oxygens (including phenoxy) is 1. The van der Waals surface area contributed by atoms with Gasteiger partial charge in [-0.2, -0.15) is 0 Å². The van der Waals surface area contributed by atoms with E-state index >= 15 is 0 Å². The van der Waals surface area contributed by atoms with Crippen LogP contribution in [0.5, 0.6) is 5.75 Å². The second-order valence-corrected chi connectivity index (χ2v) is 9.55. The number of benzene rings is 1. The maximum absolute atomic E-state index is 12.9. The van der Waals surface area contributed by atoms with Crippen LogP contribution in [0.4, 0.5) is 0 Å². The maximum atomic E-state index is 12.9. The second-order valence-electron chi connectivity index (χ2n) is 9.55. The Labute approximate surface area is 202 Å². The van der Waals surface area contributed by atoms with E-state index in [2.05, 4.69) is 10.6 Å². The molecule has 3 N–H and O–H groups in total. The number of hydrogen-bond acceptors (Lipinski definition) is 5. The Morgan fingerprint density at radius 3 is 2.59 bits per heavy atom. The van der Waals surface area contributed by atoms with Crippen molar-refractivity contribution in [3.05, 3.63) is 29.8 Å². The first-order chi connectivity index (χ1) is 16.5. The van der Waals surface area contributed by atoms with Gasteiger partial charge in [0.2, 0.25) is 11.8 Å². The first-order valence-corrected chi connectivity index (χ1v) is 12.6. The Morgan fingerprint density at radius 1 is 1.18 bits per heavy atom. The number of nitrogens with one attached hydrogen (secondary N) is 2. The number of nitrogens with zero attached hydrogens (tertiary/aromatic N) is 1. The molecule has 2 aliphatic rings. The van der Waals surface area contributed by atoms with Crippen molar-refractivity contribution >= 4 is 17.8 Å². The van der Waals surface area contributed by atoms with E-state index in [0.717, 1.165) is 56.5 Å². The van der Waals surface area contributed by atoms with Gasteiger partial charge in [-0.3, -0.25) is 9.59 Å². The van der Waals surface area contributed by atoms with Crippen LogP contribution in [0.1, 0.15) is 56.9 Å². The van der Waals surface area contributed by atoms with E-state index in [-0.39, 0.29) is 17.7 Å². The number of likely N-dealkylation sites (tertiary alicyclic amines) is 1. The number of carbonyl (C=O) groups excluding carboxylic acids is 2. The molecular weight excluding hydrogens is 434 g/mol. The fourth-order valence-corrected chi connectivity index (χ4v) is 4.92. The molecule has 1 aromatic rings. The van der Waals surface area contributed by atoms with Crippen molar-refractivity contribution in [1.29, 1.82) is 0 Å². The third-order valence-electron chi connectivity index (χ3n) is 7.10. The Kier molecular flexibility index (Phi) is 10.2. The van der Waals surface area contributed by atoms with Crippen LogP contribution in [0, 0.1) is 11.8 Å². The van der Waals surface area contributed by atoms with Gasteiger partial charge in [-0.05, 0) is 88.1 Å². The van der Waals surface area contributed by atoms with Crippen LogP contribution >= 0.6 is 0 Å². The minimum atomic E-state index is -1.02. The number of aliphatic carboxylic acids is 1. The summed E-state index contributed by atoms with van der Waals surface area (Å²) in [6, 6.07) is 6.78. The Morgan fingerprint density at radius 2 is 1.91 bits per heavy atom. The van der Waals surface area contributed by atoms with Crippen LogP contribution < -0.4 is 15.4 Å². The highest BCUT2D eigenvalue weighted by Gasteiger charge is 2.31. The number of carboxylic acids is 1. The summed E-state index contributed by atoms with van der Waals surface area (Å²) in [6.45, 7) is 3.11. The molecule has 0 unspecified atom stereocenters. The molecule has 34 heavy (non-hydrogen) atoms. The zero-order valence-corrected chi connectivity index (χ0v) is 20.3. The highest BCUT2D eigenvalue weighted by Crippen LogP contribution is 2.22. The smallest absolute Gasteiger partial charge is 0.326 e. The number of carbonyl (C=O) groups is 3. The monoisotopic (exact) mass is 473 g/mol. The average molecular weight is 474 g/mol. The summed E-state index contributed by atoms with van der Waals surface area (Å²) in [5.41, 5.74) is 1.10. The number of piperidine rings is 2. The van der Waals surface area contributed by atoms with E-state index in [4.69, 9.17) is 4.74 Å². The van der Waals surface area contributed by atoms with E-state index in [9.17, 15) is 19.5 Å². The normalized spacial score (nSPS) is 19.9. The standard InChI is InChI=1S/C26H39N3O5/c1-34-22-10-7-19(8-11-22)4-2-6-23(26(32)33)28-25(31)21-5-3-17-29(18-21)24(30)12-9-20-13-15-27-16-14-20/h7-8,10-11,20-21,23,27H,2-6,9,12-18H2,1H3,(H,28,31)(H,32,33)/t21-,23+/m1/s1. The SMILES string of the molecule is COc1ccc(CCC[C@H](NC(=O)[C@@H]2CCCN(C(=O)CCC3CCNCC3)C2)C(=O)O)cc1. The van der Waals surface area contributed by atoms with Gasteiger partial charge in [0.15, 0.2) is 0 Å². The van der Waals surface area contributed by atoms with Gasteiger partial charge in [-0.25, -0.2) is 4.79 Å². The average Bonchev–Trinajstić information content (AvgIpc) is 2.87. The van der Waals surface area contributed by atoms with Gasteiger partial charge in [0.25, 0.3) is 0 Å². The summed E-state index contributed by atoms with van der Waals surface area (Å²) >= 11 is 0. The molecule has 2 aliphatic heterocycles. The summed E-state index contributed by atoms with van der Waals surface area (Å²) in [6.07, 6.45) is 6.86. The minimum absolute atomic E-state index is 0.116. The summed E-state index contributed by atoms with van der Waals surface area (Å²) in [5, 5.41) is 15.7. The molecule has 3 rings (SSSR count). The molecule has 0 spiro atoms. The molecule has 188 valence electrons. The lowest BCUT2D eigenvalue weighted by molar-refractivity contribution is -0.144. The van der Waals surface area contributed by atoms with Gasteiger partial charge in [-0.15, -0.1) is 0 Å². The van der Waals surface area contributed by atoms with Crippen molar-refractivity contribution in [1.82, 2.24) is 15.5 Å². The first kappa shape index (κ1) is 26.0. The lowest BCUT2D eigenvalue weighted by atomic mass is 9.92. The molecule has 8 nitrogen and oxygen atoms in total. The van der Waals surface area contributed by atoms with E-state index in [1.165, 1.54) is 0 Å². The van der Waals surface area contributed by atoms with E-state index < -0.39 is 12.0 Å². The van der Waals surface area contributed by atoms with Crippen molar-refractivity contribution in [3.63, 3.8) is 0 Å². The summed E-state index contributed by atoms with van der Waals surface area (Å²) in [7, 11) is 1.62. The van der Waals surface area contributed by atoms with Crippen molar-refractivity contribution in [2.75, 3.05) is 33.3 Å². The van der Waals surface area contributed by atoms with E-state index in [1.807, 2.05) is 24.3 Å². The molecule has 2 atom stereocenters. The molecule has 2 fully saturated rings. The van der Waals surface area contributed by atoms with Crippen LogP contribution in [0.25, 0.3) is 0 Å². The Bertz CT molecular complexity index is 807. The zero-order valence-electron chi connectivity index (χ0n) is 20.3. The van der Waals surface area contributed by atoms with Crippen molar-refractivity contribution in [3.8, 4) is 5.75 Å². The summed E-state index contributed by atoms with van der Waals surface area (Å²) < 4.78 is 5.16. The van der Waals surface area contributed by atoms with Crippen molar-refractivity contribution < 1.29 is 24.2 Å². The highest BCUT2D eigenvalue weighted by molar-refractivity contribution is 5.86. The summed E-state index contributed by atoms with van der Waals surface area (Å²) in [4.78, 5) is 39.1. The van der Waals surface area contributed by atoms with Gasteiger partial charge in [0.1, 0.15) is 11.8 Å². The fourth-order valence-electron chi connectivity index (χ4n) is 4.92. The van der Waals surface area contributed by atoms with Crippen LogP contribution in [-0.4, -0.2) is 67.1 Å². The molecule has 0 aromatic heterocycles. The van der Waals surface area contributed by atoms with E-state index in [1.54, 1.807) is 12.0 Å². The topological polar surface area (TPSA) is 108 Å². The molecule has 0 aliphatic carbocycles. The van der Waals surface area contributed by atoms with Crippen LogP contribution in [0.2, 0.25) is 0 Å². The molecule has 0 radical (unpaired) electrons. The van der Waals surface area contributed by atoms with Crippen molar-refractivity contribution in [2.45, 2.75) is 63.8 Å². The molecule has 0 saturated carbocycles. The third-order valence-corrected chi connectivity index (χ3v) is 7.10. The number of rotatable bonds is 11. The molecule has 2 heterocycles. The number of amides is 2. The number of methoxy groups -OCH3 is 1. The lowest BCUT2D eigenvalue weighted by Crippen LogP contribution is -2.49. The molecule has 0 bridgehead atoms. The molecular formula is C26H39N3O5. The minimum Gasteiger partial charge on any atom is -0.497 e. The quantitative estimate of drug-likeness (QED) is 0.456. The second kappa shape index (κ2) is 13.3. The van der Waals surface area contributed by atoms with Gasteiger partial charge >= 0.3 is 5.97 Å². The molecule has 8 heteroatoms. The van der Waals surface area contributed by atoms with Crippen LogP contribution in [-0.2, 0) is 20.8 Å². The maximum Gasteiger partial charge on any atom is 0.326 e. The summed E-state index contributed by atoms with van der Waals surface area (Å²) in [5.74, 6) is -0.124. The number of hydrogen-bond donors (Lipinski definition) is 3. The van der Waals surface area contributed by atoms with Crippen LogP contribution in [0.15, 0.2) is 24.3 Å². The molecule has 2 saturated heterocycles. The zero-order chi connectivity index (χ0) is 24.3. The van der Waals surface area contributed by atoms with Crippen molar-refractivity contribution in [2.24, 2.45) is 11.8 Å². The first-order valence-electron chi connectivity index (χ1n) is 12.6. The van der Waals surface area contributed by atoms with Gasteiger partial charge < -0.3 is 25.4 Å². The predicted octanol–water partition coefficient (Wildman–Crippen LogP) is 2.61. The number of carboxylic acid groups (broad SMARTS) is 1. The largest absolute Gasteiger partial charge is 0.497 e. The van der Waals surface area contributed by atoms with E-state index in [0.29, 0.717) is 44.7 Å². The predicted molar refractivity (Wildman–Crippen MR) is 130 cm³/mol. The van der Waals surface area contributed by atoms with Gasteiger partial charge in [0.05, 0.1) is 13.0 Å². The third kappa shape index (κ3) is 8.01. The van der Waals surface area contributed by atoms with Crippen LogP contribution in [0.3, 0.4) is 0 Å². The highest BCUT2D eigenvalue weighted by atomic mass is 16.5. The Hall–Kier alpha value is -2.61. The Balaban J connectivity index is 1.43. The van der Waals surface area contributed by atoms with Gasteiger partial charge in [0, 0.05) is 19.5 Å². The number of aryl methyl sites for hydroxylation is 1. The fraction of sp³-hybridized carbons (Fsp3) is 0.654. The lowest BCUT2D eigenvalue weighted by Gasteiger charge is -2.33. The molecule has 1 aromatic carbocycles. The molecule has 2 amide bonds.